The Hall–Kier alpha value is -5.66. The van der Waals surface area contributed by atoms with E-state index >= 15 is 0 Å². The first-order valence-electron chi connectivity index (χ1n) is 15.1. The molecule has 208 valence electrons. The molecule has 8 rings (SSSR count). The Morgan fingerprint density at radius 3 is 1.68 bits per heavy atom. The van der Waals surface area contributed by atoms with E-state index in [1.807, 2.05) is 19.1 Å². The maximum absolute atomic E-state index is 6.46. The summed E-state index contributed by atoms with van der Waals surface area (Å²) in [7, 11) is 0. The van der Waals surface area contributed by atoms with Crippen LogP contribution in [0.3, 0.4) is 0 Å². The van der Waals surface area contributed by atoms with Crippen molar-refractivity contribution in [1.29, 1.82) is 0 Å². The Morgan fingerprint density at radius 1 is 0.432 bits per heavy atom. The first-order valence-corrected chi connectivity index (χ1v) is 15.1. The van der Waals surface area contributed by atoms with Crippen molar-refractivity contribution >= 4 is 49.6 Å². The highest BCUT2D eigenvalue weighted by Gasteiger charge is 2.23. The lowest BCUT2D eigenvalue weighted by Crippen LogP contribution is -1.93. The molecule has 7 aromatic carbocycles. The maximum atomic E-state index is 6.46. The highest BCUT2D eigenvalue weighted by Crippen LogP contribution is 2.50. The second-order valence-electron chi connectivity index (χ2n) is 11.2. The number of hydrogen-bond acceptors (Lipinski definition) is 1. The van der Waals surface area contributed by atoms with Crippen LogP contribution in [-0.4, -0.2) is 0 Å². The normalized spacial score (nSPS) is 12.0. The van der Waals surface area contributed by atoms with E-state index in [0.29, 0.717) is 0 Å². The summed E-state index contributed by atoms with van der Waals surface area (Å²) in [5.41, 5.74) is 10.3. The molecular formula is C43H30O. The predicted molar refractivity (Wildman–Crippen MR) is 189 cm³/mol. The Kier molecular flexibility index (Phi) is 6.43. The van der Waals surface area contributed by atoms with Gasteiger partial charge in [-0.05, 0) is 74.0 Å². The van der Waals surface area contributed by atoms with E-state index < -0.39 is 0 Å². The zero-order chi connectivity index (χ0) is 29.5. The zero-order valence-corrected chi connectivity index (χ0v) is 24.5. The van der Waals surface area contributed by atoms with Crippen molar-refractivity contribution in [3.63, 3.8) is 0 Å². The average Bonchev–Trinajstić information content (AvgIpc) is 3.47. The van der Waals surface area contributed by atoms with Crippen molar-refractivity contribution in [3.8, 4) is 33.4 Å². The lowest BCUT2D eigenvalue weighted by atomic mass is 9.82. The van der Waals surface area contributed by atoms with Gasteiger partial charge in [-0.15, -0.1) is 0 Å². The van der Waals surface area contributed by atoms with Gasteiger partial charge in [0, 0.05) is 16.3 Å². The van der Waals surface area contributed by atoms with Gasteiger partial charge < -0.3 is 4.42 Å². The first kappa shape index (κ1) is 26.0. The summed E-state index contributed by atoms with van der Waals surface area (Å²) in [5.74, 6) is 0. The van der Waals surface area contributed by atoms with E-state index in [9.17, 15) is 0 Å². The second-order valence-corrected chi connectivity index (χ2v) is 11.2. The number of benzene rings is 7. The van der Waals surface area contributed by atoms with Crippen LogP contribution in [0.2, 0.25) is 0 Å². The molecule has 1 aromatic heterocycles. The van der Waals surface area contributed by atoms with E-state index in [0.717, 1.165) is 21.9 Å². The summed E-state index contributed by atoms with van der Waals surface area (Å²) in [5, 5.41) is 7.22. The number of allylic oxidation sites excluding steroid dienone is 3. The molecule has 8 aromatic rings. The Morgan fingerprint density at radius 2 is 1.02 bits per heavy atom. The third-order valence-corrected chi connectivity index (χ3v) is 8.60. The van der Waals surface area contributed by atoms with Crippen molar-refractivity contribution in [1.82, 2.24) is 0 Å². The summed E-state index contributed by atoms with van der Waals surface area (Å²) < 4.78 is 6.46. The lowest BCUT2D eigenvalue weighted by molar-refractivity contribution is 0.669. The van der Waals surface area contributed by atoms with E-state index in [1.54, 1.807) is 0 Å². The van der Waals surface area contributed by atoms with Gasteiger partial charge in [0.25, 0.3) is 0 Å². The fraction of sp³-hybridized carbons (Fsp3) is 0.0233. The summed E-state index contributed by atoms with van der Waals surface area (Å²) in [6.07, 6.45) is 8.32. The predicted octanol–water partition coefficient (Wildman–Crippen LogP) is 12.5. The van der Waals surface area contributed by atoms with Crippen LogP contribution in [0.4, 0.5) is 0 Å². The van der Waals surface area contributed by atoms with Gasteiger partial charge in [-0.1, -0.05) is 152 Å². The van der Waals surface area contributed by atoms with Crippen molar-refractivity contribution in [2.45, 2.75) is 6.92 Å². The standard InChI is InChI=1S/C43H30O/c1-2-3-5-14-29-23-25-31(26-24-29)40-33-17-8-10-19-35(33)41(36-20-11-9-18-34(36)40)43-32(30-15-6-4-7-16-30)27-28-39-42(43)37-21-12-13-22-38(37)44-39/h2-28H,1H3/b3-2-,14-5-. The van der Waals surface area contributed by atoms with Gasteiger partial charge in [0.15, 0.2) is 0 Å². The fourth-order valence-corrected chi connectivity index (χ4v) is 6.68. The molecule has 1 heteroatoms. The second kappa shape index (κ2) is 10.9. The third kappa shape index (κ3) is 4.25. The Bertz CT molecular complexity index is 2310. The van der Waals surface area contributed by atoms with Crippen LogP contribution in [0.5, 0.6) is 0 Å². The van der Waals surface area contributed by atoms with Gasteiger partial charge >= 0.3 is 0 Å². The topological polar surface area (TPSA) is 13.1 Å². The fourth-order valence-electron chi connectivity index (χ4n) is 6.68. The molecule has 1 heterocycles. The van der Waals surface area contributed by atoms with Crippen LogP contribution in [0.15, 0.2) is 162 Å². The third-order valence-electron chi connectivity index (χ3n) is 8.60. The maximum Gasteiger partial charge on any atom is 0.136 e. The van der Waals surface area contributed by atoms with Gasteiger partial charge in [-0.25, -0.2) is 0 Å². The largest absolute Gasteiger partial charge is 0.456 e. The smallest absolute Gasteiger partial charge is 0.136 e. The zero-order valence-electron chi connectivity index (χ0n) is 24.5. The number of fused-ring (bicyclic) bond motifs is 5. The highest BCUT2D eigenvalue weighted by molar-refractivity contribution is 6.27. The Labute approximate surface area is 257 Å². The van der Waals surface area contributed by atoms with Crippen molar-refractivity contribution < 1.29 is 4.42 Å². The molecule has 0 saturated heterocycles. The SMILES string of the molecule is C/C=C\C=C/c1ccc(-c2c3ccccc3c(-c3c(-c4ccccc4)ccc4oc5ccccc5c34)c3ccccc23)cc1. The summed E-state index contributed by atoms with van der Waals surface area (Å²) in [4.78, 5) is 0. The summed E-state index contributed by atoms with van der Waals surface area (Å²) >= 11 is 0. The van der Waals surface area contributed by atoms with E-state index in [4.69, 9.17) is 4.42 Å². The van der Waals surface area contributed by atoms with Gasteiger partial charge in [0.05, 0.1) is 0 Å². The van der Waals surface area contributed by atoms with Crippen LogP contribution in [-0.2, 0) is 0 Å². The van der Waals surface area contributed by atoms with Gasteiger partial charge in [-0.2, -0.15) is 0 Å². The number of furan rings is 1. The van der Waals surface area contributed by atoms with Crippen LogP contribution >= 0.6 is 0 Å². The number of hydrogen-bond donors (Lipinski definition) is 0. The molecule has 0 bridgehead atoms. The lowest BCUT2D eigenvalue weighted by Gasteiger charge is -2.20. The van der Waals surface area contributed by atoms with E-state index in [-0.39, 0.29) is 0 Å². The molecule has 0 aliphatic carbocycles. The van der Waals surface area contributed by atoms with Gasteiger partial charge in [0.1, 0.15) is 11.2 Å². The molecule has 1 nitrogen and oxygen atoms in total. The highest BCUT2D eigenvalue weighted by atomic mass is 16.3. The molecule has 0 saturated carbocycles. The van der Waals surface area contributed by atoms with E-state index in [1.165, 1.54) is 60.5 Å². The molecule has 0 radical (unpaired) electrons. The molecule has 0 unspecified atom stereocenters. The minimum atomic E-state index is 0.902. The number of para-hydroxylation sites is 1. The van der Waals surface area contributed by atoms with Crippen molar-refractivity contribution in [2.24, 2.45) is 0 Å². The van der Waals surface area contributed by atoms with E-state index in [2.05, 4.69) is 152 Å². The van der Waals surface area contributed by atoms with Crippen LogP contribution in [0.1, 0.15) is 12.5 Å². The minimum absolute atomic E-state index is 0.902. The molecular weight excluding hydrogens is 532 g/mol. The molecule has 0 atom stereocenters. The Balaban J connectivity index is 1.51. The molecule has 0 aliphatic rings. The summed E-state index contributed by atoms with van der Waals surface area (Å²) in [6, 6.07) is 50.2. The number of rotatable bonds is 5. The van der Waals surface area contributed by atoms with Crippen molar-refractivity contribution in [2.75, 3.05) is 0 Å². The van der Waals surface area contributed by atoms with Gasteiger partial charge in [0.2, 0.25) is 0 Å². The molecule has 0 spiro atoms. The molecule has 0 amide bonds. The summed E-state index contributed by atoms with van der Waals surface area (Å²) in [6.45, 7) is 2.03. The van der Waals surface area contributed by atoms with Gasteiger partial charge in [-0.3, -0.25) is 0 Å². The van der Waals surface area contributed by atoms with Crippen LogP contribution < -0.4 is 0 Å². The molecule has 0 fully saturated rings. The average molecular weight is 563 g/mol. The molecule has 0 aliphatic heterocycles. The quantitative estimate of drug-likeness (QED) is 0.150. The van der Waals surface area contributed by atoms with Crippen molar-refractivity contribution in [3.05, 3.63) is 163 Å². The molecule has 44 heavy (non-hydrogen) atoms. The molecule has 0 N–H and O–H groups in total. The minimum Gasteiger partial charge on any atom is -0.456 e. The monoisotopic (exact) mass is 562 g/mol. The van der Waals surface area contributed by atoms with Crippen LogP contribution in [0, 0.1) is 0 Å². The van der Waals surface area contributed by atoms with Crippen LogP contribution in [0.25, 0.3) is 82.9 Å². The first-order chi connectivity index (χ1) is 21.8.